The fourth-order valence-corrected chi connectivity index (χ4v) is 2.63. The lowest BCUT2D eigenvalue weighted by atomic mass is 10.1. The van der Waals surface area contributed by atoms with E-state index in [4.69, 9.17) is 16.7 Å². The Hall–Kier alpha value is -1.92. The van der Waals surface area contributed by atoms with Crippen LogP contribution in [0.5, 0.6) is 0 Å². The van der Waals surface area contributed by atoms with Crippen LogP contribution in [0.3, 0.4) is 0 Å². The number of benzene rings is 1. The molecule has 7 heteroatoms. The van der Waals surface area contributed by atoms with E-state index in [9.17, 15) is 14.0 Å². The van der Waals surface area contributed by atoms with Crippen molar-refractivity contribution in [2.75, 3.05) is 5.32 Å². The Labute approximate surface area is 122 Å². The third-order valence-electron chi connectivity index (χ3n) is 2.55. The van der Waals surface area contributed by atoms with Gasteiger partial charge in [-0.05, 0) is 23.6 Å². The fourth-order valence-electron chi connectivity index (χ4n) is 1.61. The summed E-state index contributed by atoms with van der Waals surface area (Å²) in [4.78, 5) is 22.7. The van der Waals surface area contributed by atoms with E-state index in [1.165, 1.54) is 24.3 Å². The highest BCUT2D eigenvalue weighted by molar-refractivity contribution is 7.14. The highest BCUT2D eigenvalue weighted by atomic mass is 35.5. The number of hydrogen-bond donors (Lipinski definition) is 2. The number of carbonyl (C=O) groups is 2. The molecule has 1 amide bonds. The SMILES string of the molecule is O=C(Cc1c(F)cccc1Cl)Nc1sccc1C(=O)O. The van der Waals surface area contributed by atoms with E-state index in [2.05, 4.69) is 5.32 Å². The van der Waals surface area contributed by atoms with Crippen LogP contribution in [0.25, 0.3) is 0 Å². The molecule has 0 aliphatic carbocycles. The highest BCUT2D eigenvalue weighted by Crippen LogP contribution is 2.24. The standard InChI is InChI=1S/C13H9ClFNO3S/c14-9-2-1-3-10(15)8(9)6-11(17)16-12-7(13(18)19)4-5-20-12/h1-5H,6H2,(H,16,17)(H,18,19). The van der Waals surface area contributed by atoms with Gasteiger partial charge in [-0.1, -0.05) is 17.7 Å². The molecule has 104 valence electrons. The molecule has 0 spiro atoms. The smallest absolute Gasteiger partial charge is 0.338 e. The number of rotatable bonds is 4. The number of carbonyl (C=O) groups excluding carboxylic acids is 1. The van der Waals surface area contributed by atoms with Gasteiger partial charge in [0.1, 0.15) is 10.8 Å². The van der Waals surface area contributed by atoms with E-state index in [0.717, 1.165) is 11.3 Å². The second kappa shape index (κ2) is 6.02. The van der Waals surface area contributed by atoms with Crippen LogP contribution in [-0.4, -0.2) is 17.0 Å². The van der Waals surface area contributed by atoms with E-state index >= 15 is 0 Å². The van der Waals surface area contributed by atoms with Gasteiger partial charge in [-0.2, -0.15) is 0 Å². The average molecular weight is 314 g/mol. The van der Waals surface area contributed by atoms with E-state index < -0.39 is 17.7 Å². The second-order valence-electron chi connectivity index (χ2n) is 3.89. The maximum absolute atomic E-state index is 13.5. The van der Waals surface area contributed by atoms with Crippen LogP contribution in [-0.2, 0) is 11.2 Å². The summed E-state index contributed by atoms with van der Waals surface area (Å²) < 4.78 is 13.5. The Morgan fingerprint density at radius 2 is 2.10 bits per heavy atom. The van der Waals surface area contributed by atoms with Crippen LogP contribution in [0, 0.1) is 5.82 Å². The fraction of sp³-hybridized carbons (Fsp3) is 0.0769. The van der Waals surface area contributed by atoms with Crippen molar-refractivity contribution in [2.45, 2.75) is 6.42 Å². The van der Waals surface area contributed by atoms with Gasteiger partial charge >= 0.3 is 5.97 Å². The maximum Gasteiger partial charge on any atom is 0.338 e. The summed E-state index contributed by atoms with van der Waals surface area (Å²) in [5.41, 5.74) is 0.0862. The Morgan fingerprint density at radius 1 is 1.35 bits per heavy atom. The van der Waals surface area contributed by atoms with Crippen LogP contribution in [0.15, 0.2) is 29.6 Å². The van der Waals surface area contributed by atoms with Crippen LogP contribution in [0.4, 0.5) is 9.39 Å². The van der Waals surface area contributed by atoms with Crippen molar-refractivity contribution in [3.63, 3.8) is 0 Å². The number of amides is 1. The predicted molar refractivity (Wildman–Crippen MR) is 75.0 cm³/mol. The summed E-state index contributed by atoms with van der Waals surface area (Å²) in [6.07, 6.45) is -0.261. The summed E-state index contributed by atoms with van der Waals surface area (Å²) in [5, 5.41) is 13.3. The quantitative estimate of drug-likeness (QED) is 0.909. The van der Waals surface area contributed by atoms with Crippen molar-refractivity contribution in [3.8, 4) is 0 Å². The number of hydrogen-bond acceptors (Lipinski definition) is 3. The van der Waals surface area contributed by atoms with Crippen molar-refractivity contribution in [1.82, 2.24) is 0 Å². The predicted octanol–water partition coefficient (Wildman–Crippen LogP) is 3.42. The molecule has 1 heterocycles. The van der Waals surface area contributed by atoms with E-state index in [0.29, 0.717) is 0 Å². The second-order valence-corrected chi connectivity index (χ2v) is 5.22. The Bertz CT molecular complexity index is 651. The third-order valence-corrected chi connectivity index (χ3v) is 3.73. The number of aromatic carboxylic acids is 1. The molecule has 0 atom stereocenters. The van der Waals surface area contributed by atoms with Crippen molar-refractivity contribution >= 4 is 39.8 Å². The molecule has 4 nitrogen and oxygen atoms in total. The van der Waals surface area contributed by atoms with E-state index in [-0.39, 0.29) is 27.6 Å². The molecule has 2 aromatic rings. The number of carboxylic acids is 1. The number of carboxylic acid groups (broad SMARTS) is 1. The molecule has 0 radical (unpaired) electrons. The number of halogens is 2. The minimum Gasteiger partial charge on any atom is -0.478 e. The summed E-state index contributed by atoms with van der Waals surface area (Å²) >= 11 is 6.91. The van der Waals surface area contributed by atoms with Crippen LogP contribution >= 0.6 is 22.9 Å². The van der Waals surface area contributed by atoms with Gasteiger partial charge in [0.05, 0.1) is 12.0 Å². The molecule has 0 unspecified atom stereocenters. The van der Waals surface area contributed by atoms with Crippen LogP contribution in [0.1, 0.15) is 15.9 Å². The molecule has 0 saturated carbocycles. The average Bonchev–Trinajstić information content (AvgIpc) is 2.82. The summed E-state index contributed by atoms with van der Waals surface area (Å²) in [6.45, 7) is 0. The largest absolute Gasteiger partial charge is 0.478 e. The Balaban J connectivity index is 2.14. The Morgan fingerprint density at radius 3 is 2.75 bits per heavy atom. The maximum atomic E-state index is 13.5. The van der Waals surface area contributed by atoms with Gasteiger partial charge in [-0.3, -0.25) is 4.79 Å². The lowest BCUT2D eigenvalue weighted by Gasteiger charge is -2.07. The molecule has 2 rings (SSSR count). The highest BCUT2D eigenvalue weighted by Gasteiger charge is 2.16. The molecular formula is C13H9ClFNO3S. The minimum absolute atomic E-state index is 0.00276. The molecule has 20 heavy (non-hydrogen) atoms. The van der Waals surface area contributed by atoms with Crippen molar-refractivity contribution in [3.05, 3.63) is 51.6 Å². The zero-order valence-electron chi connectivity index (χ0n) is 10.0. The van der Waals surface area contributed by atoms with E-state index in [1.54, 1.807) is 5.38 Å². The first-order chi connectivity index (χ1) is 9.49. The first-order valence-corrected chi connectivity index (χ1v) is 6.78. The lowest BCUT2D eigenvalue weighted by Crippen LogP contribution is -2.16. The first kappa shape index (κ1) is 14.5. The number of nitrogens with one attached hydrogen (secondary N) is 1. The normalized spacial score (nSPS) is 10.3. The topological polar surface area (TPSA) is 66.4 Å². The van der Waals surface area contributed by atoms with Gasteiger partial charge in [0.2, 0.25) is 5.91 Å². The van der Waals surface area contributed by atoms with Crippen LogP contribution in [0.2, 0.25) is 5.02 Å². The molecule has 1 aromatic carbocycles. The molecule has 0 fully saturated rings. The number of anilines is 1. The molecule has 2 N–H and O–H groups in total. The summed E-state index contributed by atoms with van der Waals surface area (Å²) in [7, 11) is 0. The van der Waals surface area contributed by atoms with Gasteiger partial charge in [-0.15, -0.1) is 11.3 Å². The first-order valence-electron chi connectivity index (χ1n) is 5.52. The molecule has 0 bridgehead atoms. The van der Waals surface area contributed by atoms with Crippen molar-refractivity contribution in [2.24, 2.45) is 0 Å². The molecule has 0 aliphatic heterocycles. The zero-order valence-corrected chi connectivity index (χ0v) is 11.6. The van der Waals surface area contributed by atoms with Gasteiger partial charge in [0, 0.05) is 10.6 Å². The van der Waals surface area contributed by atoms with Gasteiger partial charge in [0.15, 0.2) is 0 Å². The molecule has 0 aliphatic rings. The lowest BCUT2D eigenvalue weighted by molar-refractivity contribution is -0.115. The minimum atomic E-state index is -1.13. The Kier molecular flexibility index (Phi) is 4.36. The van der Waals surface area contributed by atoms with E-state index in [1.807, 2.05) is 0 Å². The van der Waals surface area contributed by atoms with Gasteiger partial charge in [-0.25, -0.2) is 9.18 Å². The zero-order chi connectivity index (χ0) is 14.7. The summed E-state index contributed by atoms with van der Waals surface area (Å²) in [6, 6.07) is 5.53. The van der Waals surface area contributed by atoms with Gasteiger partial charge < -0.3 is 10.4 Å². The number of thiophene rings is 1. The third kappa shape index (κ3) is 3.15. The van der Waals surface area contributed by atoms with Crippen LogP contribution < -0.4 is 5.32 Å². The molecule has 1 aromatic heterocycles. The molecule has 0 saturated heterocycles. The monoisotopic (exact) mass is 313 g/mol. The summed E-state index contributed by atoms with van der Waals surface area (Å²) in [5.74, 6) is -2.23. The van der Waals surface area contributed by atoms with Crippen molar-refractivity contribution in [1.29, 1.82) is 0 Å². The van der Waals surface area contributed by atoms with Crippen molar-refractivity contribution < 1.29 is 19.1 Å². The molecular weight excluding hydrogens is 305 g/mol. The van der Waals surface area contributed by atoms with Gasteiger partial charge in [0.25, 0.3) is 0 Å².